The molecule has 0 amide bonds. The first kappa shape index (κ1) is 15.0. The zero-order valence-electron chi connectivity index (χ0n) is 11.5. The molecule has 0 aliphatic heterocycles. The second-order valence-electron chi connectivity index (χ2n) is 4.27. The average Bonchev–Trinajstić information content (AvgIpc) is 2.27. The summed E-state index contributed by atoms with van der Waals surface area (Å²) in [4.78, 5) is 16.3. The maximum Gasteiger partial charge on any atom is 0.319 e. The number of pyridine rings is 1. The number of nitrogens with zero attached hydrogens (tertiary/aromatic N) is 1. The number of hydrogen-bond acceptors (Lipinski definition) is 4. The molecule has 1 atom stereocenters. The molecule has 0 bridgehead atoms. The zero-order chi connectivity index (χ0) is 13.5. The Morgan fingerprint density at radius 1 is 1.39 bits per heavy atom. The van der Waals surface area contributed by atoms with Crippen LogP contribution >= 0.6 is 11.8 Å². The highest BCUT2D eigenvalue weighted by Gasteiger charge is 2.20. The molecule has 1 heterocycles. The molecular weight excluding hydrogens is 246 g/mol. The van der Waals surface area contributed by atoms with Crippen LogP contribution in [0.2, 0.25) is 0 Å². The minimum atomic E-state index is -0.149. The van der Waals surface area contributed by atoms with Crippen molar-refractivity contribution >= 4 is 17.7 Å². The van der Waals surface area contributed by atoms with Crippen LogP contribution < -0.4 is 0 Å². The van der Waals surface area contributed by atoms with Gasteiger partial charge in [-0.2, -0.15) is 0 Å². The molecule has 1 unspecified atom stereocenters. The summed E-state index contributed by atoms with van der Waals surface area (Å²) in [5.41, 5.74) is 2.15. The highest BCUT2D eigenvalue weighted by molar-refractivity contribution is 8.00. The Morgan fingerprint density at radius 3 is 2.67 bits per heavy atom. The SMILES string of the molecule is CCCC(Sc1cc(C)cc(C)n1)C(=O)OCC. The van der Waals surface area contributed by atoms with Crippen LogP contribution in [0.3, 0.4) is 0 Å². The lowest BCUT2D eigenvalue weighted by Crippen LogP contribution is -2.20. The van der Waals surface area contributed by atoms with E-state index in [0.29, 0.717) is 6.61 Å². The van der Waals surface area contributed by atoms with Gasteiger partial charge in [0, 0.05) is 5.69 Å². The molecule has 0 saturated carbocycles. The fourth-order valence-electron chi connectivity index (χ4n) is 1.73. The minimum absolute atomic E-state index is 0.134. The van der Waals surface area contributed by atoms with Crippen LogP contribution in [0.5, 0.6) is 0 Å². The molecule has 0 aliphatic rings. The van der Waals surface area contributed by atoms with Crippen LogP contribution in [0.1, 0.15) is 37.9 Å². The van der Waals surface area contributed by atoms with Gasteiger partial charge in [0.05, 0.1) is 11.6 Å². The van der Waals surface area contributed by atoms with Crippen molar-refractivity contribution in [3.8, 4) is 0 Å². The van der Waals surface area contributed by atoms with E-state index in [9.17, 15) is 4.79 Å². The molecule has 0 saturated heterocycles. The largest absolute Gasteiger partial charge is 0.465 e. The average molecular weight is 267 g/mol. The molecule has 1 rings (SSSR count). The number of esters is 1. The van der Waals surface area contributed by atoms with E-state index in [4.69, 9.17) is 4.74 Å². The molecule has 0 radical (unpaired) electrons. The van der Waals surface area contributed by atoms with Gasteiger partial charge in [0.2, 0.25) is 0 Å². The quantitative estimate of drug-likeness (QED) is 0.584. The molecule has 4 heteroatoms. The van der Waals surface area contributed by atoms with Crippen LogP contribution in [0.25, 0.3) is 0 Å². The summed E-state index contributed by atoms with van der Waals surface area (Å²) in [6.45, 7) is 8.34. The van der Waals surface area contributed by atoms with Gasteiger partial charge in [-0.05, 0) is 44.9 Å². The van der Waals surface area contributed by atoms with Gasteiger partial charge in [0.1, 0.15) is 5.25 Å². The van der Waals surface area contributed by atoms with E-state index >= 15 is 0 Å². The lowest BCUT2D eigenvalue weighted by atomic mass is 10.2. The molecule has 0 aliphatic carbocycles. The molecule has 100 valence electrons. The third-order valence-electron chi connectivity index (χ3n) is 2.44. The molecular formula is C14H21NO2S. The highest BCUT2D eigenvalue weighted by atomic mass is 32.2. The van der Waals surface area contributed by atoms with Gasteiger partial charge in [-0.15, -0.1) is 0 Å². The second kappa shape index (κ2) is 7.41. The first-order chi connectivity index (χ1) is 8.56. The molecule has 3 nitrogen and oxygen atoms in total. The minimum Gasteiger partial charge on any atom is -0.465 e. The predicted octanol–water partition coefficient (Wildman–Crippen LogP) is 3.52. The van der Waals surface area contributed by atoms with E-state index in [-0.39, 0.29) is 11.2 Å². The Labute approximate surface area is 113 Å². The maximum atomic E-state index is 11.8. The number of aromatic nitrogens is 1. The van der Waals surface area contributed by atoms with Crippen molar-refractivity contribution in [2.24, 2.45) is 0 Å². The van der Waals surface area contributed by atoms with Crippen molar-refractivity contribution < 1.29 is 9.53 Å². The molecule has 0 N–H and O–H groups in total. The Morgan fingerprint density at radius 2 is 2.11 bits per heavy atom. The van der Waals surface area contributed by atoms with Crippen molar-refractivity contribution in [1.82, 2.24) is 4.98 Å². The van der Waals surface area contributed by atoms with Gasteiger partial charge < -0.3 is 4.74 Å². The van der Waals surface area contributed by atoms with E-state index in [0.717, 1.165) is 23.6 Å². The molecule has 0 spiro atoms. The second-order valence-corrected chi connectivity index (χ2v) is 5.49. The summed E-state index contributed by atoms with van der Waals surface area (Å²) in [5.74, 6) is -0.134. The molecule has 0 fully saturated rings. The topological polar surface area (TPSA) is 39.2 Å². The summed E-state index contributed by atoms with van der Waals surface area (Å²) >= 11 is 1.50. The van der Waals surface area contributed by atoms with Gasteiger partial charge in [0.15, 0.2) is 0 Å². The van der Waals surface area contributed by atoms with Crippen molar-refractivity contribution in [2.45, 2.75) is 50.8 Å². The van der Waals surface area contributed by atoms with Crippen LogP contribution in [0.15, 0.2) is 17.2 Å². The molecule has 1 aromatic rings. The van der Waals surface area contributed by atoms with Crippen molar-refractivity contribution in [3.63, 3.8) is 0 Å². The fraction of sp³-hybridized carbons (Fsp3) is 0.571. The fourth-order valence-corrected chi connectivity index (χ4v) is 2.99. The number of thioether (sulfide) groups is 1. The summed E-state index contributed by atoms with van der Waals surface area (Å²) in [5, 5.41) is 0.752. The number of hydrogen-bond donors (Lipinski definition) is 0. The summed E-state index contributed by atoms with van der Waals surface area (Å²) < 4.78 is 5.10. The van der Waals surface area contributed by atoms with Crippen LogP contribution in [0.4, 0.5) is 0 Å². The van der Waals surface area contributed by atoms with Gasteiger partial charge >= 0.3 is 5.97 Å². The third kappa shape index (κ3) is 4.69. The Kier molecular flexibility index (Phi) is 6.19. The van der Waals surface area contributed by atoms with Crippen LogP contribution in [-0.4, -0.2) is 22.8 Å². The van der Waals surface area contributed by atoms with Crippen molar-refractivity contribution in [1.29, 1.82) is 0 Å². The highest BCUT2D eigenvalue weighted by Crippen LogP contribution is 2.26. The standard InChI is InChI=1S/C14H21NO2S/c1-5-7-12(14(16)17-6-2)18-13-9-10(3)8-11(4)15-13/h8-9,12H,5-7H2,1-4H3. The Hall–Kier alpha value is -1.03. The monoisotopic (exact) mass is 267 g/mol. The van der Waals surface area contributed by atoms with Gasteiger partial charge in [-0.1, -0.05) is 25.1 Å². The smallest absolute Gasteiger partial charge is 0.319 e. The summed E-state index contributed by atoms with van der Waals surface area (Å²) in [6, 6.07) is 4.04. The Balaban J connectivity index is 2.78. The van der Waals surface area contributed by atoms with Crippen LogP contribution in [0, 0.1) is 13.8 Å². The van der Waals surface area contributed by atoms with Crippen LogP contribution in [-0.2, 0) is 9.53 Å². The number of carbonyl (C=O) groups excluding carboxylic acids is 1. The van der Waals surface area contributed by atoms with E-state index in [1.54, 1.807) is 0 Å². The lowest BCUT2D eigenvalue weighted by Gasteiger charge is -2.14. The molecule has 18 heavy (non-hydrogen) atoms. The molecule has 1 aromatic heterocycles. The number of ether oxygens (including phenoxy) is 1. The van der Waals surface area contributed by atoms with Gasteiger partial charge in [-0.25, -0.2) is 4.98 Å². The number of carbonyl (C=O) groups is 1. The van der Waals surface area contributed by atoms with Gasteiger partial charge in [0.25, 0.3) is 0 Å². The Bertz CT molecular complexity index is 387. The van der Waals surface area contributed by atoms with E-state index < -0.39 is 0 Å². The van der Waals surface area contributed by atoms with E-state index in [2.05, 4.69) is 11.9 Å². The van der Waals surface area contributed by atoms with Gasteiger partial charge in [-0.3, -0.25) is 4.79 Å². The number of rotatable bonds is 6. The van der Waals surface area contributed by atoms with Crippen molar-refractivity contribution in [2.75, 3.05) is 6.61 Å². The number of aryl methyl sites for hydroxylation is 2. The summed E-state index contributed by atoms with van der Waals surface area (Å²) in [7, 11) is 0. The van der Waals surface area contributed by atoms with E-state index in [1.165, 1.54) is 17.3 Å². The molecule has 0 aromatic carbocycles. The van der Waals surface area contributed by atoms with Crippen molar-refractivity contribution in [3.05, 3.63) is 23.4 Å². The van der Waals surface area contributed by atoms with E-state index in [1.807, 2.05) is 32.9 Å². The predicted molar refractivity (Wildman–Crippen MR) is 74.9 cm³/mol. The lowest BCUT2D eigenvalue weighted by molar-refractivity contribution is -0.142. The zero-order valence-corrected chi connectivity index (χ0v) is 12.3. The maximum absolute atomic E-state index is 11.8. The first-order valence-corrected chi connectivity index (χ1v) is 7.23. The first-order valence-electron chi connectivity index (χ1n) is 6.35. The summed E-state index contributed by atoms with van der Waals surface area (Å²) in [6.07, 6.45) is 1.78. The third-order valence-corrected chi connectivity index (χ3v) is 3.60. The normalized spacial score (nSPS) is 12.2.